The van der Waals surface area contributed by atoms with Gasteiger partial charge in [-0.05, 0) is 24.5 Å². The van der Waals surface area contributed by atoms with Gasteiger partial charge in [0.25, 0.3) is 0 Å². The number of halogens is 1. The molecule has 0 spiro atoms. The smallest absolute Gasteiger partial charge is 0.161 e. The summed E-state index contributed by atoms with van der Waals surface area (Å²) in [6.45, 7) is 0. The van der Waals surface area contributed by atoms with Crippen LogP contribution in [0, 0.1) is 0 Å². The van der Waals surface area contributed by atoms with Gasteiger partial charge in [-0.1, -0.05) is 6.07 Å². The molecule has 2 unspecified atom stereocenters. The van der Waals surface area contributed by atoms with Crippen molar-refractivity contribution in [3.63, 3.8) is 0 Å². The van der Waals surface area contributed by atoms with E-state index in [2.05, 4.69) is 0 Å². The van der Waals surface area contributed by atoms with Gasteiger partial charge in [0, 0.05) is 11.6 Å². The molecule has 1 aromatic carbocycles. The zero-order valence-corrected chi connectivity index (χ0v) is 9.76. The van der Waals surface area contributed by atoms with E-state index in [9.17, 15) is 15.3 Å². The molecule has 1 aliphatic carbocycles. The molecule has 0 aromatic heterocycles. The molecule has 2 rings (SSSR count). The van der Waals surface area contributed by atoms with Gasteiger partial charge in [0.2, 0.25) is 0 Å². The quantitative estimate of drug-likeness (QED) is 0.532. The number of phenols is 2. The third-order valence-electron chi connectivity index (χ3n) is 2.75. The van der Waals surface area contributed by atoms with Crippen LogP contribution in [0.4, 0.5) is 0 Å². The molecule has 1 aromatic rings. The van der Waals surface area contributed by atoms with Crippen molar-refractivity contribution in [2.75, 3.05) is 0 Å². The maximum atomic E-state index is 9.73. The minimum absolute atomic E-state index is 0. The number of aliphatic hydroxyl groups is 1. The molecule has 0 saturated heterocycles. The van der Waals surface area contributed by atoms with Gasteiger partial charge in [-0.2, -0.15) is 0 Å². The minimum atomic E-state index is -0.745. The van der Waals surface area contributed by atoms with Crippen molar-refractivity contribution in [1.82, 2.24) is 0 Å². The summed E-state index contributed by atoms with van der Waals surface area (Å²) in [5, 5.41) is 28.5. The standard InChI is InChI=1S/C10H13NO3.BrH/c11-7-3-1-6-5(9(7)13)2-4-8(12)10(6)14;/h2,4,7,9,12-14H,1,3,11H2;1H. The summed E-state index contributed by atoms with van der Waals surface area (Å²) in [5.41, 5.74) is 6.92. The van der Waals surface area contributed by atoms with Crippen LogP contribution in [0.5, 0.6) is 11.5 Å². The summed E-state index contributed by atoms with van der Waals surface area (Å²) in [5.74, 6) is -0.278. The average Bonchev–Trinajstić information content (AvgIpc) is 2.17. The highest BCUT2D eigenvalue weighted by Crippen LogP contribution is 2.39. The zero-order valence-electron chi connectivity index (χ0n) is 8.05. The van der Waals surface area contributed by atoms with Crippen molar-refractivity contribution in [3.05, 3.63) is 23.3 Å². The predicted octanol–water partition coefficient (Wildman–Crippen LogP) is 0.983. The molecule has 0 fully saturated rings. The Morgan fingerprint density at radius 2 is 1.93 bits per heavy atom. The first-order chi connectivity index (χ1) is 6.61. The van der Waals surface area contributed by atoms with E-state index < -0.39 is 6.10 Å². The number of benzene rings is 1. The molecular weight excluding hydrogens is 262 g/mol. The average molecular weight is 276 g/mol. The van der Waals surface area contributed by atoms with Crippen LogP contribution < -0.4 is 5.73 Å². The van der Waals surface area contributed by atoms with Crippen molar-refractivity contribution in [2.45, 2.75) is 25.0 Å². The lowest BCUT2D eigenvalue weighted by Crippen LogP contribution is -2.32. The molecule has 15 heavy (non-hydrogen) atoms. The van der Waals surface area contributed by atoms with Gasteiger partial charge in [0.05, 0.1) is 6.10 Å². The molecule has 1 aliphatic rings. The van der Waals surface area contributed by atoms with Crippen LogP contribution in [0.25, 0.3) is 0 Å². The summed E-state index contributed by atoms with van der Waals surface area (Å²) >= 11 is 0. The molecule has 0 radical (unpaired) electrons. The second-order valence-electron chi connectivity index (χ2n) is 3.65. The number of phenolic OH excluding ortho intramolecular Hbond substituents is 2. The van der Waals surface area contributed by atoms with Crippen LogP contribution in [0.3, 0.4) is 0 Å². The lowest BCUT2D eigenvalue weighted by Gasteiger charge is -2.27. The first-order valence-electron chi connectivity index (χ1n) is 4.58. The largest absolute Gasteiger partial charge is 0.504 e. The summed E-state index contributed by atoms with van der Waals surface area (Å²) in [6.07, 6.45) is 0.462. The van der Waals surface area contributed by atoms with E-state index in [1.807, 2.05) is 0 Å². The van der Waals surface area contributed by atoms with E-state index in [4.69, 9.17) is 5.73 Å². The monoisotopic (exact) mass is 275 g/mol. The van der Waals surface area contributed by atoms with Gasteiger partial charge in [-0.15, -0.1) is 17.0 Å². The van der Waals surface area contributed by atoms with E-state index in [0.29, 0.717) is 24.0 Å². The van der Waals surface area contributed by atoms with Crippen molar-refractivity contribution < 1.29 is 15.3 Å². The summed E-state index contributed by atoms with van der Waals surface area (Å²) in [4.78, 5) is 0. The van der Waals surface area contributed by atoms with Gasteiger partial charge >= 0.3 is 0 Å². The van der Waals surface area contributed by atoms with Crippen LogP contribution in [-0.4, -0.2) is 21.4 Å². The number of aliphatic hydroxyl groups excluding tert-OH is 1. The van der Waals surface area contributed by atoms with E-state index in [1.54, 1.807) is 6.07 Å². The topological polar surface area (TPSA) is 86.7 Å². The number of fused-ring (bicyclic) bond motifs is 1. The fraction of sp³-hybridized carbons (Fsp3) is 0.400. The molecule has 5 heteroatoms. The number of aromatic hydroxyl groups is 2. The van der Waals surface area contributed by atoms with E-state index >= 15 is 0 Å². The molecule has 84 valence electrons. The molecule has 0 heterocycles. The molecule has 2 atom stereocenters. The molecule has 0 bridgehead atoms. The number of hydrogen-bond acceptors (Lipinski definition) is 4. The minimum Gasteiger partial charge on any atom is -0.504 e. The Kier molecular flexibility index (Phi) is 3.59. The van der Waals surface area contributed by atoms with E-state index in [0.717, 1.165) is 0 Å². The van der Waals surface area contributed by atoms with Crippen LogP contribution in [0.2, 0.25) is 0 Å². The predicted molar refractivity (Wildman–Crippen MR) is 61.3 cm³/mol. The number of hydrogen-bond donors (Lipinski definition) is 4. The van der Waals surface area contributed by atoms with E-state index in [1.165, 1.54) is 6.07 Å². The fourth-order valence-corrected chi connectivity index (χ4v) is 1.88. The SMILES string of the molecule is Br.NC1CCc2c(ccc(O)c2O)C1O. The maximum Gasteiger partial charge on any atom is 0.161 e. The lowest BCUT2D eigenvalue weighted by atomic mass is 9.85. The van der Waals surface area contributed by atoms with Crippen molar-refractivity contribution >= 4 is 17.0 Å². The first kappa shape index (κ1) is 12.3. The summed E-state index contributed by atoms with van der Waals surface area (Å²) < 4.78 is 0. The third-order valence-corrected chi connectivity index (χ3v) is 2.75. The molecule has 0 amide bonds. The van der Waals surface area contributed by atoms with Gasteiger partial charge in [-0.3, -0.25) is 0 Å². The zero-order chi connectivity index (χ0) is 10.3. The van der Waals surface area contributed by atoms with Gasteiger partial charge in [-0.25, -0.2) is 0 Å². The Bertz CT molecular complexity index is 370. The number of nitrogens with two attached hydrogens (primary N) is 1. The molecule has 5 N–H and O–H groups in total. The second kappa shape index (κ2) is 4.38. The molecule has 0 aliphatic heterocycles. The van der Waals surface area contributed by atoms with Crippen LogP contribution >= 0.6 is 17.0 Å². The Balaban J connectivity index is 0.00000112. The van der Waals surface area contributed by atoms with Gasteiger partial charge in [0.1, 0.15) is 0 Å². The Morgan fingerprint density at radius 3 is 2.60 bits per heavy atom. The third kappa shape index (κ3) is 1.95. The normalized spacial score (nSPS) is 24.1. The Labute approximate surface area is 98.1 Å². The van der Waals surface area contributed by atoms with Gasteiger partial charge < -0.3 is 21.1 Å². The summed E-state index contributed by atoms with van der Waals surface area (Å²) in [7, 11) is 0. The highest BCUT2D eigenvalue weighted by Gasteiger charge is 2.27. The van der Waals surface area contributed by atoms with Crippen molar-refractivity contribution in [3.8, 4) is 11.5 Å². The van der Waals surface area contributed by atoms with Crippen molar-refractivity contribution in [1.29, 1.82) is 0 Å². The van der Waals surface area contributed by atoms with Crippen molar-refractivity contribution in [2.24, 2.45) is 5.73 Å². The lowest BCUT2D eigenvalue weighted by molar-refractivity contribution is 0.133. The number of rotatable bonds is 0. The Morgan fingerprint density at radius 1 is 1.27 bits per heavy atom. The van der Waals surface area contributed by atoms with Crippen LogP contribution in [0.15, 0.2) is 12.1 Å². The Hall–Kier alpha value is -0.780. The first-order valence-corrected chi connectivity index (χ1v) is 4.58. The van der Waals surface area contributed by atoms with Crippen LogP contribution in [-0.2, 0) is 6.42 Å². The maximum absolute atomic E-state index is 9.73. The summed E-state index contributed by atoms with van der Waals surface area (Å²) in [6, 6.07) is 2.69. The van der Waals surface area contributed by atoms with Crippen LogP contribution in [0.1, 0.15) is 23.7 Å². The van der Waals surface area contributed by atoms with E-state index in [-0.39, 0.29) is 34.5 Å². The fourth-order valence-electron chi connectivity index (χ4n) is 1.88. The highest BCUT2D eigenvalue weighted by molar-refractivity contribution is 8.93. The second-order valence-corrected chi connectivity index (χ2v) is 3.65. The highest BCUT2D eigenvalue weighted by atomic mass is 79.9. The molecular formula is C10H14BrNO3. The van der Waals surface area contributed by atoms with Gasteiger partial charge in [0.15, 0.2) is 11.5 Å². The molecule has 0 saturated carbocycles. The molecule has 4 nitrogen and oxygen atoms in total.